The van der Waals surface area contributed by atoms with Crippen LogP contribution in [0.15, 0.2) is 0 Å². The minimum absolute atomic E-state index is 0. The van der Waals surface area contributed by atoms with Gasteiger partial charge in [0.2, 0.25) is 0 Å². The second-order valence-electron chi connectivity index (χ2n) is 6.67. The average Bonchev–Trinajstić information content (AvgIpc) is 2.53. The number of nitrogens with one attached hydrogen (secondary N) is 1. The summed E-state index contributed by atoms with van der Waals surface area (Å²) in [7, 11) is -1.70. The normalized spacial score (nSPS) is 23.2. The molecular formula is C15H32ClN3O2S. The van der Waals surface area contributed by atoms with Gasteiger partial charge in [-0.05, 0) is 31.6 Å². The Bertz CT molecular complexity index is 407. The molecule has 0 aromatic heterocycles. The van der Waals surface area contributed by atoms with Crippen molar-refractivity contribution < 1.29 is 8.42 Å². The van der Waals surface area contributed by atoms with Crippen molar-refractivity contribution in [1.82, 2.24) is 9.03 Å². The van der Waals surface area contributed by atoms with E-state index in [1.54, 1.807) is 11.4 Å². The van der Waals surface area contributed by atoms with E-state index < -0.39 is 10.2 Å². The van der Waals surface area contributed by atoms with Crippen molar-refractivity contribution in [2.45, 2.75) is 76.3 Å². The van der Waals surface area contributed by atoms with E-state index in [4.69, 9.17) is 5.73 Å². The van der Waals surface area contributed by atoms with Gasteiger partial charge in [-0.15, -0.1) is 12.4 Å². The van der Waals surface area contributed by atoms with Gasteiger partial charge >= 0.3 is 0 Å². The molecule has 7 heteroatoms. The Kier molecular flexibility index (Phi) is 8.64. The Balaban J connectivity index is 0.00000242. The molecule has 0 saturated heterocycles. The molecule has 1 atom stereocenters. The van der Waals surface area contributed by atoms with Gasteiger partial charge in [0.1, 0.15) is 0 Å². The molecule has 1 unspecified atom stereocenters. The second-order valence-corrected chi connectivity index (χ2v) is 8.43. The first-order valence-electron chi connectivity index (χ1n) is 8.50. The molecule has 22 heavy (non-hydrogen) atoms. The molecule has 2 fully saturated rings. The summed E-state index contributed by atoms with van der Waals surface area (Å²) in [6.45, 7) is 0.391. The van der Waals surface area contributed by atoms with Crippen molar-refractivity contribution in [2.24, 2.45) is 11.7 Å². The fourth-order valence-corrected chi connectivity index (χ4v) is 5.23. The van der Waals surface area contributed by atoms with Crippen molar-refractivity contribution in [3.05, 3.63) is 0 Å². The van der Waals surface area contributed by atoms with Gasteiger partial charge in [-0.3, -0.25) is 0 Å². The van der Waals surface area contributed by atoms with Crippen LogP contribution in [0.5, 0.6) is 0 Å². The zero-order chi connectivity index (χ0) is 15.3. The zero-order valence-electron chi connectivity index (χ0n) is 13.7. The number of hydrogen-bond acceptors (Lipinski definition) is 3. The molecule has 0 heterocycles. The largest absolute Gasteiger partial charge is 0.329 e. The molecule has 2 aliphatic rings. The van der Waals surface area contributed by atoms with Gasteiger partial charge in [0.15, 0.2) is 0 Å². The summed E-state index contributed by atoms with van der Waals surface area (Å²) in [5, 5.41) is 0. The van der Waals surface area contributed by atoms with Gasteiger partial charge in [0.25, 0.3) is 10.2 Å². The third-order valence-electron chi connectivity index (χ3n) is 5.24. The van der Waals surface area contributed by atoms with E-state index in [0.717, 1.165) is 38.5 Å². The highest BCUT2D eigenvalue weighted by molar-refractivity contribution is 7.87. The second kappa shape index (κ2) is 9.42. The molecule has 132 valence electrons. The molecule has 3 N–H and O–H groups in total. The van der Waals surface area contributed by atoms with E-state index in [0.29, 0.717) is 12.5 Å². The van der Waals surface area contributed by atoms with Gasteiger partial charge in [-0.25, -0.2) is 0 Å². The maximum Gasteiger partial charge on any atom is 0.279 e. The first kappa shape index (κ1) is 20.2. The lowest BCUT2D eigenvalue weighted by Gasteiger charge is -2.34. The number of nitrogens with zero attached hydrogens (tertiary/aromatic N) is 1. The van der Waals surface area contributed by atoms with E-state index in [2.05, 4.69) is 4.72 Å². The van der Waals surface area contributed by atoms with Crippen molar-refractivity contribution in [3.63, 3.8) is 0 Å². The third-order valence-corrected chi connectivity index (χ3v) is 6.90. The Morgan fingerprint density at radius 2 is 1.55 bits per heavy atom. The van der Waals surface area contributed by atoms with Gasteiger partial charge < -0.3 is 5.73 Å². The number of rotatable bonds is 6. The van der Waals surface area contributed by atoms with Crippen LogP contribution < -0.4 is 10.5 Å². The predicted molar refractivity (Wildman–Crippen MR) is 93.4 cm³/mol. The maximum atomic E-state index is 12.6. The summed E-state index contributed by atoms with van der Waals surface area (Å²) in [5.41, 5.74) is 5.84. The number of nitrogens with two attached hydrogens (primary N) is 1. The maximum absolute atomic E-state index is 12.6. The number of halogens is 1. The van der Waals surface area contributed by atoms with E-state index in [9.17, 15) is 8.42 Å². The predicted octanol–water partition coefficient (Wildman–Crippen LogP) is 2.41. The van der Waals surface area contributed by atoms with E-state index >= 15 is 0 Å². The van der Waals surface area contributed by atoms with Crippen LogP contribution in [0.1, 0.15) is 64.2 Å². The minimum atomic E-state index is -3.42. The average molecular weight is 354 g/mol. The summed E-state index contributed by atoms with van der Waals surface area (Å²) in [4.78, 5) is 0. The Morgan fingerprint density at radius 3 is 2.05 bits per heavy atom. The topological polar surface area (TPSA) is 75.4 Å². The van der Waals surface area contributed by atoms with Crippen LogP contribution >= 0.6 is 12.4 Å². The van der Waals surface area contributed by atoms with Crippen molar-refractivity contribution in [1.29, 1.82) is 0 Å². The first-order valence-corrected chi connectivity index (χ1v) is 9.94. The summed E-state index contributed by atoms with van der Waals surface area (Å²) >= 11 is 0. The molecule has 2 aliphatic carbocycles. The molecular weight excluding hydrogens is 322 g/mol. The summed E-state index contributed by atoms with van der Waals surface area (Å²) < 4.78 is 29.6. The van der Waals surface area contributed by atoms with Crippen LogP contribution in [0, 0.1) is 5.92 Å². The van der Waals surface area contributed by atoms with Crippen LogP contribution in [0.2, 0.25) is 0 Å². The monoisotopic (exact) mass is 353 g/mol. The Morgan fingerprint density at radius 1 is 1.05 bits per heavy atom. The quantitative estimate of drug-likeness (QED) is 0.769. The van der Waals surface area contributed by atoms with Crippen LogP contribution in [-0.4, -0.2) is 38.4 Å². The van der Waals surface area contributed by atoms with Crippen LogP contribution in [0.3, 0.4) is 0 Å². The number of hydrogen-bond donors (Lipinski definition) is 2. The van der Waals surface area contributed by atoms with E-state index in [-0.39, 0.29) is 24.5 Å². The summed E-state index contributed by atoms with van der Waals surface area (Å²) in [6, 6.07) is 0.0439. The Labute approximate surface area is 142 Å². The highest BCUT2D eigenvalue weighted by atomic mass is 35.5. The standard InChI is InChI=1S/C15H31N3O2S.ClH/c1-18(14-10-6-3-7-11-14)21(19,20)17-15(12-16)13-8-4-2-5-9-13;/h13-15,17H,2-12,16H2,1H3;1H. The molecule has 2 rings (SSSR count). The highest BCUT2D eigenvalue weighted by Gasteiger charge is 2.32. The van der Waals surface area contributed by atoms with E-state index in [1.165, 1.54) is 25.7 Å². The fourth-order valence-electron chi connectivity index (χ4n) is 3.79. The molecule has 0 radical (unpaired) electrons. The van der Waals surface area contributed by atoms with Crippen molar-refractivity contribution >= 4 is 22.6 Å². The lowest BCUT2D eigenvalue weighted by molar-refractivity contribution is 0.265. The lowest BCUT2D eigenvalue weighted by atomic mass is 9.84. The van der Waals surface area contributed by atoms with Gasteiger partial charge in [-0.1, -0.05) is 38.5 Å². The lowest BCUT2D eigenvalue weighted by Crippen LogP contribution is -2.52. The zero-order valence-corrected chi connectivity index (χ0v) is 15.3. The smallest absolute Gasteiger partial charge is 0.279 e. The fraction of sp³-hybridized carbons (Fsp3) is 1.00. The molecule has 0 spiro atoms. The van der Waals surface area contributed by atoms with E-state index in [1.807, 2.05) is 0 Å². The van der Waals surface area contributed by atoms with Crippen LogP contribution in [-0.2, 0) is 10.2 Å². The molecule has 5 nitrogen and oxygen atoms in total. The highest BCUT2D eigenvalue weighted by Crippen LogP contribution is 2.27. The first-order chi connectivity index (χ1) is 10.0. The van der Waals surface area contributed by atoms with Crippen molar-refractivity contribution in [2.75, 3.05) is 13.6 Å². The molecule has 0 aromatic rings. The molecule has 0 amide bonds. The van der Waals surface area contributed by atoms with Gasteiger partial charge in [-0.2, -0.15) is 17.4 Å². The van der Waals surface area contributed by atoms with Crippen LogP contribution in [0.4, 0.5) is 0 Å². The minimum Gasteiger partial charge on any atom is -0.329 e. The molecule has 2 saturated carbocycles. The molecule has 0 bridgehead atoms. The SMILES string of the molecule is CN(C1CCCCC1)S(=O)(=O)NC(CN)C1CCCCC1.Cl. The summed E-state index contributed by atoms with van der Waals surface area (Å²) in [6.07, 6.45) is 11.3. The third kappa shape index (κ3) is 5.34. The van der Waals surface area contributed by atoms with Crippen LogP contribution in [0.25, 0.3) is 0 Å². The Hall–Kier alpha value is 0.120. The molecule has 0 aliphatic heterocycles. The summed E-state index contributed by atoms with van der Waals surface area (Å²) in [5.74, 6) is 0.401. The van der Waals surface area contributed by atoms with Gasteiger partial charge in [0.05, 0.1) is 0 Å². The molecule has 0 aromatic carbocycles. The van der Waals surface area contributed by atoms with Crippen molar-refractivity contribution in [3.8, 4) is 0 Å². The van der Waals surface area contributed by atoms with Gasteiger partial charge in [0, 0.05) is 25.7 Å².